The molecule has 1 N–H and O–H groups in total. The molecule has 4 nitrogen and oxygen atoms in total. The maximum absolute atomic E-state index is 10.8. The molecule has 5 heteroatoms. The van der Waals surface area contributed by atoms with Crippen molar-refractivity contribution in [2.24, 2.45) is 0 Å². The molecule has 2 heterocycles. The fourth-order valence-corrected chi connectivity index (χ4v) is 2.89. The van der Waals surface area contributed by atoms with E-state index in [0.717, 1.165) is 11.5 Å². The number of rotatable bonds is 2. The Kier molecular flexibility index (Phi) is 2.90. The number of hydrogen-bond acceptors (Lipinski definition) is 4. The third kappa shape index (κ3) is 2.05. The maximum atomic E-state index is 10.8. The Labute approximate surface area is 98.4 Å². The van der Waals surface area contributed by atoms with Crippen molar-refractivity contribution < 1.29 is 14.6 Å². The molecule has 0 saturated carbocycles. The van der Waals surface area contributed by atoms with Gasteiger partial charge >= 0.3 is 5.97 Å². The van der Waals surface area contributed by atoms with E-state index < -0.39 is 5.97 Å². The van der Waals surface area contributed by atoms with Gasteiger partial charge in [-0.25, -0.2) is 4.79 Å². The molecule has 1 aliphatic rings. The average Bonchev–Trinajstić information content (AvgIpc) is 2.65. The Morgan fingerprint density at radius 2 is 2.31 bits per heavy atom. The lowest BCUT2D eigenvalue weighted by Crippen LogP contribution is -2.52. The summed E-state index contributed by atoms with van der Waals surface area (Å²) in [5.74, 6) is -0.859. The molecule has 0 radical (unpaired) electrons. The summed E-state index contributed by atoms with van der Waals surface area (Å²) in [5, 5.41) is 9.90. The van der Waals surface area contributed by atoms with Gasteiger partial charge < -0.3 is 14.7 Å². The van der Waals surface area contributed by atoms with Gasteiger partial charge in [-0.2, -0.15) is 0 Å². The SMILES string of the molecule is CC1(C)COCCN1c1ccc(C(=O)O)s1. The fourth-order valence-electron chi connectivity index (χ4n) is 1.85. The van der Waals surface area contributed by atoms with Gasteiger partial charge in [-0.15, -0.1) is 11.3 Å². The molecule has 1 aliphatic heterocycles. The molecule has 1 aromatic rings. The van der Waals surface area contributed by atoms with Gasteiger partial charge in [0.1, 0.15) is 4.88 Å². The van der Waals surface area contributed by atoms with E-state index in [1.165, 1.54) is 11.3 Å². The van der Waals surface area contributed by atoms with Crippen LogP contribution in [0.15, 0.2) is 12.1 Å². The van der Waals surface area contributed by atoms with Crippen LogP contribution in [0.2, 0.25) is 0 Å². The van der Waals surface area contributed by atoms with Crippen molar-refractivity contribution >= 4 is 22.3 Å². The van der Waals surface area contributed by atoms with Gasteiger partial charge in [-0.1, -0.05) is 0 Å². The maximum Gasteiger partial charge on any atom is 0.345 e. The molecule has 1 aromatic heterocycles. The van der Waals surface area contributed by atoms with Crippen LogP contribution in [0.1, 0.15) is 23.5 Å². The molecule has 0 aromatic carbocycles. The van der Waals surface area contributed by atoms with E-state index in [1.54, 1.807) is 6.07 Å². The molecule has 0 atom stereocenters. The van der Waals surface area contributed by atoms with Gasteiger partial charge in [0.25, 0.3) is 0 Å². The van der Waals surface area contributed by atoms with Crippen molar-refractivity contribution in [1.82, 2.24) is 0 Å². The fraction of sp³-hybridized carbons (Fsp3) is 0.545. The van der Waals surface area contributed by atoms with E-state index in [-0.39, 0.29) is 5.54 Å². The van der Waals surface area contributed by atoms with Crippen molar-refractivity contribution in [1.29, 1.82) is 0 Å². The number of aromatic carboxylic acids is 1. The van der Waals surface area contributed by atoms with Crippen LogP contribution in [-0.2, 0) is 4.74 Å². The minimum Gasteiger partial charge on any atom is -0.477 e. The first kappa shape index (κ1) is 11.4. The molecule has 16 heavy (non-hydrogen) atoms. The zero-order valence-corrected chi connectivity index (χ0v) is 10.2. The predicted molar refractivity (Wildman–Crippen MR) is 63.5 cm³/mol. The molecular formula is C11H15NO3S. The first-order valence-corrected chi connectivity index (χ1v) is 6.01. The number of anilines is 1. The molecule has 0 aliphatic carbocycles. The Balaban J connectivity index is 2.25. The molecule has 1 fully saturated rings. The van der Waals surface area contributed by atoms with E-state index in [2.05, 4.69) is 18.7 Å². The van der Waals surface area contributed by atoms with Gasteiger partial charge in [-0.05, 0) is 26.0 Å². The molecule has 2 rings (SSSR count). The highest BCUT2D eigenvalue weighted by atomic mass is 32.1. The van der Waals surface area contributed by atoms with E-state index in [1.807, 2.05) is 6.07 Å². The largest absolute Gasteiger partial charge is 0.477 e. The van der Waals surface area contributed by atoms with Crippen LogP contribution in [0.4, 0.5) is 5.00 Å². The van der Waals surface area contributed by atoms with Crippen molar-refractivity contribution in [3.05, 3.63) is 17.0 Å². The lowest BCUT2D eigenvalue weighted by atomic mass is 10.0. The van der Waals surface area contributed by atoms with Crippen LogP contribution in [0, 0.1) is 0 Å². The van der Waals surface area contributed by atoms with E-state index >= 15 is 0 Å². The first-order chi connectivity index (χ1) is 7.50. The average molecular weight is 241 g/mol. The molecule has 0 bridgehead atoms. The summed E-state index contributed by atoms with van der Waals surface area (Å²) in [6.07, 6.45) is 0. The van der Waals surface area contributed by atoms with Crippen LogP contribution >= 0.6 is 11.3 Å². The van der Waals surface area contributed by atoms with Gasteiger partial charge in [0.15, 0.2) is 0 Å². The van der Waals surface area contributed by atoms with Crippen LogP contribution in [0.3, 0.4) is 0 Å². The normalized spacial score (nSPS) is 19.8. The van der Waals surface area contributed by atoms with Gasteiger partial charge in [0.2, 0.25) is 0 Å². The number of morpholine rings is 1. The van der Waals surface area contributed by atoms with Crippen LogP contribution < -0.4 is 4.90 Å². The predicted octanol–water partition coefficient (Wildman–Crippen LogP) is 2.06. The molecule has 0 amide bonds. The highest BCUT2D eigenvalue weighted by Crippen LogP contribution is 2.32. The first-order valence-electron chi connectivity index (χ1n) is 5.19. The monoisotopic (exact) mass is 241 g/mol. The number of carboxylic acids is 1. The Bertz CT molecular complexity index is 400. The summed E-state index contributed by atoms with van der Waals surface area (Å²) >= 11 is 1.32. The second-order valence-electron chi connectivity index (χ2n) is 4.46. The lowest BCUT2D eigenvalue weighted by Gasteiger charge is -2.42. The number of nitrogens with zero attached hydrogens (tertiary/aromatic N) is 1. The van der Waals surface area contributed by atoms with Gasteiger partial charge in [-0.3, -0.25) is 0 Å². The van der Waals surface area contributed by atoms with E-state index in [9.17, 15) is 4.79 Å². The summed E-state index contributed by atoms with van der Waals surface area (Å²) in [6, 6.07) is 3.54. The molecule has 0 unspecified atom stereocenters. The molecule has 88 valence electrons. The van der Waals surface area contributed by atoms with E-state index in [0.29, 0.717) is 18.1 Å². The molecule has 1 saturated heterocycles. The standard InChI is InChI=1S/C11H15NO3S/c1-11(2)7-15-6-5-12(11)9-4-3-8(16-9)10(13)14/h3-4H,5-7H2,1-2H3,(H,13,14). The smallest absolute Gasteiger partial charge is 0.345 e. The topological polar surface area (TPSA) is 49.8 Å². The zero-order chi connectivity index (χ0) is 11.8. The second-order valence-corrected chi connectivity index (χ2v) is 5.52. The van der Waals surface area contributed by atoms with Crippen LogP contribution in [0.25, 0.3) is 0 Å². The minimum atomic E-state index is -0.859. The Morgan fingerprint density at radius 1 is 1.56 bits per heavy atom. The van der Waals surface area contributed by atoms with Gasteiger partial charge in [0.05, 0.1) is 23.8 Å². The highest BCUT2D eigenvalue weighted by molar-refractivity contribution is 7.17. The van der Waals surface area contributed by atoms with Crippen LogP contribution in [-0.4, -0.2) is 36.4 Å². The number of carbonyl (C=O) groups is 1. The lowest BCUT2D eigenvalue weighted by molar-refractivity contribution is 0.0648. The number of hydrogen-bond donors (Lipinski definition) is 1. The van der Waals surface area contributed by atoms with E-state index in [4.69, 9.17) is 9.84 Å². The van der Waals surface area contributed by atoms with Gasteiger partial charge in [0, 0.05) is 6.54 Å². The summed E-state index contributed by atoms with van der Waals surface area (Å²) in [5.41, 5.74) is -0.0706. The minimum absolute atomic E-state index is 0.0706. The number of thiophene rings is 1. The summed E-state index contributed by atoms with van der Waals surface area (Å²) in [4.78, 5) is 13.4. The third-order valence-electron chi connectivity index (χ3n) is 2.71. The summed E-state index contributed by atoms with van der Waals surface area (Å²) < 4.78 is 5.44. The Morgan fingerprint density at radius 3 is 2.88 bits per heavy atom. The zero-order valence-electron chi connectivity index (χ0n) is 9.40. The highest BCUT2D eigenvalue weighted by Gasteiger charge is 2.31. The molecule has 0 spiro atoms. The van der Waals surface area contributed by atoms with Crippen molar-refractivity contribution in [3.63, 3.8) is 0 Å². The van der Waals surface area contributed by atoms with Crippen LogP contribution in [0.5, 0.6) is 0 Å². The number of carboxylic acid groups (broad SMARTS) is 1. The quantitative estimate of drug-likeness (QED) is 0.861. The summed E-state index contributed by atoms with van der Waals surface area (Å²) in [7, 11) is 0. The second kappa shape index (κ2) is 4.07. The number of ether oxygens (including phenoxy) is 1. The third-order valence-corrected chi connectivity index (χ3v) is 3.81. The van der Waals surface area contributed by atoms with Crippen molar-refractivity contribution in [2.45, 2.75) is 19.4 Å². The van der Waals surface area contributed by atoms with Crippen molar-refractivity contribution in [2.75, 3.05) is 24.7 Å². The van der Waals surface area contributed by atoms with Crippen molar-refractivity contribution in [3.8, 4) is 0 Å². The Hall–Kier alpha value is -1.07. The molecular weight excluding hydrogens is 226 g/mol. The summed E-state index contributed by atoms with van der Waals surface area (Å²) in [6.45, 7) is 6.39.